The lowest BCUT2D eigenvalue weighted by Crippen LogP contribution is -2.22. The van der Waals surface area contributed by atoms with Crippen molar-refractivity contribution in [2.45, 2.75) is 19.3 Å². The lowest BCUT2D eigenvalue weighted by molar-refractivity contribution is 0.173. The third-order valence-electron chi connectivity index (χ3n) is 2.70. The van der Waals surface area contributed by atoms with Crippen LogP contribution in [0.2, 0.25) is 5.02 Å². The van der Waals surface area contributed by atoms with Gasteiger partial charge in [0.1, 0.15) is 10.8 Å². The first-order valence-corrected chi connectivity index (χ1v) is 5.27. The van der Waals surface area contributed by atoms with Gasteiger partial charge in [0, 0.05) is 11.0 Å². The molecule has 0 saturated carbocycles. The summed E-state index contributed by atoms with van der Waals surface area (Å²) >= 11 is 5.97. The van der Waals surface area contributed by atoms with Crippen LogP contribution in [0.3, 0.4) is 0 Å². The molecule has 0 amide bonds. The molecule has 0 radical (unpaired) electrons. The summed E-state index contributed by atoms with van der Waals surface area (Å²) in [6.45, 7) is 3.61. The van der Waals surface area contributed by atoms with E-state index < -0.39 is 5.41 Å². The molecule has 2 N–H and O–H groups in total. The average molecular weight is 245 g/mol. The first-order valence-electron chi connectivity index (χ1n) is 4.90. The van der Waals surface area contributed by atoms with Gasteiger partial charge in [-0.25, -0.2) is 0 Å². The number of hydrogen-bond donors (Lipinski definition) is 2. The number of phenols is 1. The van der Waals surface area contributed by atoms with Crippen LogP contribution in [0.1, 0.15) is 19.4 Å². The molecule has 1 aromatic rings. The summed E-state index contributed by atoms with van der Waals surface area (Å²) < 4.78 is 10.3. The SMILES string of the molecule is CC(C)(CO)c1cc2c(c(Cl)c1O)OCO2. The van der Waals surface area contributed by atoms with Gasteiger partial charge in [-0.3, -0.25) is 0 Å². The highest BCUT2D eigenvalue weighted by Crippen LogP contribution is 2.48. The number of aliphatic hydroxyl groups excluding tert-OH is 1. The molecule has 0 aliphatic carbocycles. The third-order valence-corrected chi connectivity index (χ3v) is 3.05. The van der Waals surface area contributed by atoms with Crippen LogP contribution in [0.4, 0.5) is 0 Å². The highest BCUT2D eigenvalue weighted by molar-refractivity contribution is 6.34. The first-order chi connectivity index (χ1) is 7.47. The Kier molecular flexibility index (Phi) is 2.64. The summed E-state index contributed by atoms with van der Waals surface area (Å²) in [7, 11) is 0. The molecule has 0 aromatic heterocycles. The number of fused-ring (bicyclic) bond motifs is 1. The molecule has 2 rings (SSSR count). The van der Waals surface area contributed by atoms with E-state index in [1.807, 2.05) is 0 Å². The van der Waals surface area contributed by atoms with Crippen molar-refractivity contribution in [1.29, 1.82) is 0 Å². The molecule has 88 valence electrons. The molecule has 0 spiro atoms. The van der Waals surface area contributed by atoms with E-state index in [0.717, 1.165) is 0 Å². The van der Waals surface area contributed by atoms with Crippen molar-refractivity contribution in [2.75, 3.05) is 13.4 Å². The highest BCUT2D eigenvalue weighted by Gasteiger charge is 2.30. The van der Waals surface area contributed by atoms with Crippen LogP contribution in [0.15, 0.2) is 6.07 Å². The molecule has 0 atom stereocenters. The quantitative estimate of drug-likeness (QED) is 0.836. The monoisotopic (exact) mass is 244 g/mol. The van der Waals surface area contributed by atoms with E-state index in [-0.39, 0.29) is 24.2 Å². The molecular formula is C11H13ClO4. The number of hydrogen-bond acceptors (Lipinski definition) is 4. The second-order valence-corrected chi connectivity index (χ2v) is 4.74. The summed E-state index contributed by atoms with van der Waals surface area (Å²) in [6.07, 6.45) is 0. The van der Waals surface area contributed by atoms with Gasteiger partial charge in [0.05, 0.1) is 6.61 Å². The van der Waals surface area contributed by atoms with E-state index >= 15 is 0 Å². The van der Waals surface area contributed by atoms with E-state index in [9.17, 15) is 10.2 Å². The van der Waals surface area contributed by atoms with E-state index in [4.69, 9.17) is 21.1 Å². The standard InChI is InChI=1S/C11H13ClO4/c1-11(2,4-13)6-3-7-10(16-5-15-7)8(12)9(6)14/h3,13-14H,4-5H2,1-2H3. The van der Waals surface area contributed by atoms with Gasteiger partial charge in [0.15, 0.2) is 11.5 Å². The minimum Gasteiger partial charge on any atom is -0.506 e. The molecule has 16 heavy (non-hydrogen) atoms. The maximum absolute atomic E-state index is 9.95. The summed E-state index contributed by atoms with van der Waals surface area (Å²) in [4.78, 5) is 0. The van der Waals surface area contributed by atoms with Crippen LogP contribution in [-0.2, 0) is 5.41 Å². The Morgan fingerprint density at radius 2 is 2.12 bits per heavy atom. The van der Waals surface area contributed by atoms with Crippen molar-refractivity contribution < 1.29 is 19.7 Å². The maximum Gasteiger partial charge on any atom is 0.231 e. The molecule has 4 nitrogen and oxygen atoms in total. The fourth-order valence-corrected chi connectivity index (χ4v) is 1.84. The Morgan fingerprint density at radius 1 is 1.44 bits per heavy atom. The molecule has 1 heterocycles. The smallest absolute Gasteiger partial charge is 0.231 e. The maximum atomic E-state index is 9.95. The zero-order chi connectivity index (χ0) is 11.9. The van der Waals surface area contributed by atoms with Gasteiger partial charge in [0.2, 0.25) is 6.79 Å². The molecule has 1 aliphatic rings. The minimum atomic E-state index is -0.589. The third kappa shape index (κ3) is 1.58. The molecule has 1 aromatic carbocycles. The van der Waals surface area contributed by atoms with E-state index in [1.54, 1.807) is 19.9 Å². The van der Waals surface area contributed by atoms with Crippen LogP contribution in [0, 0.1) is 0 Å². The number of aliphatic hydroxyl groups is 1. The van der Waals surface area contributed by atoms with Crippen molar-refractivity contribution in [3.8, 4) is 17.2 Å². The van der Waals surface area contributed by atoms with Crippen molar-refractivity contribution in [3.63, 3.8) is 0 Å². The Balaban J connectivity index is 2.60. The lowest BCUT2D eigenvalue weighted by atomic mass is 9.84. The number of aromatic hydroxyl groups is 1. The second kappa shape index (κ2) is 3.71. The normalized spacial score (nSPS) is 14.2. The number of rotatable bonds is 2. The minimum absolute atomic E-state index is 0.0648. The number of ether oxygens (including phenoxy) is 2. The number of phenolic OH excluding ortho intramolecular Hbond substituents is 1. The summed E-state index contributed by atoms with van der Waals surface area (Å²) in [5.74, 6) is 0.793. The fraction of sp³-hybridized carbons (Fsp3) is 0.455. The van der Waals surface area contributed by atoms with Gasteiger partial charge in [-0.1, -0.05) is 25.4 Å². The Bertz CT molecular complexity index is 428. The topological polar surface area (TPSA) is 58.9 Å². The summed E-state index contributed by atoms with van der Waals surface area (Å²) in [5, 5.41) is 19.4. The van der Waals surface area contributed by atoms with Gasteiger partial charge in [-0.05, 0) is 6.07 Å². The first kappa shape index (κ1) is 11.4. The second-order valence-electron chi connectivity index (χ2n) is 4.36. The predicted octanol–water partition coefficient (Wildman–Crippen LogP) is 2.04. The van der Waals surface area contributed by atoms with Crippen LogP contribution in [0.25, 0.3) is 0 Å². The largest absolute Gasteiger partial charge is 0.506 e. The predicted molar refractivity (Wildman–Crippen MR) is 59.4 cm³/mol. The molecule has 1 aliphatic heterocycles. The number of benzene rings is 1. The van der Waals surface area contributed by atoms with Gasteiger partial charge >= 0.3 is 0 Å². The Hall–Kier alpha value is -1.13. The van der Waals surface area contributed by atoms with Crippen molar-refractivity contribution in [3.05, 3.63) is 16.7 Å². The lowest BCUT2D eigenvalue weighted by Gasteiger charge is -2.24. The molecule has 0 unspecified atom stereocenters. The van der Waals surface area contributed by atoms with Gasteiger partial charge in [0.25, 0.3) is 0 Å². The average Bonchev–Trinajstić information content (AvgIpc) is 2.71. The highest BCUT2D eigenvalue weighted by atomic mass is 35.5. The van der Waals surface area contributed by atoms with Crippen LogP contribution < -0.4 is 9.47 Å². The van der Waals surface area contributed by atoms with E-state index in [2.05, 4.69) is 0 Å². The van der Waals surface area contributed by atoms with Gasteiger partial charge < -0.3 is 19.7 Å². The Labute approximate surface area is 98.4 Å². The Morgan fingerprint density at radius 3 is 2.75 bits per heavy atom. The van der Waals surface area contributed by atoms with Crippen molar-refractivity contribution in [1.82, 2.24) is 0 Å². The van der Waals surface area contributed by atoms with E-state index in [0.29, 0.717) is 17.1 Å². The van der Waals surface area contributed by atoms with Crippen molar-refractivity contribution in [2.24, 2.45) is 0 Å². The molecule has 0 bridgehead atoms. The molecule has 0 fully saturated rings. The van der Waals surface area contributed by atoms with Crippen molar-refractivity contribution >= 4 is 11.6 Å². The molecular weight excluding hydrogens is 232 g/mol. The number of halogens is 1. The van der Waals surface area contributed by atoms with Gasteiger partial charge in [-0.2, -0.15) is 0 Å². The summed E-state index contributed by atoms with van der Waals surface area (Å²) in [6, 6.07) is 1.65. The molecule has 0 saturated heterocycles. The zero-order valence-electron chi connectivity index (χ0n) is 9.08. The zero-order valence-corrected chi connectivity index (χ0v) is 9.84. The molecule has 5 heteroatoms. The van der Waals surface area contributed by atoms with Crippen LogP contribution >= 0.6 is 11.6 Å². The summed E-state index contributed by atoms with van der Waals surface area (Å²) in [5.41, 5.74) is -0.0430. The van der Waals surface area contributed by atoms with Crippen LogP contribution in [0.5, 0.6) is 17.2 Å². The van der Waals surface area contributed by atoms with E-state index in [1.165, 1.54) is 0 Å². The van der Waals surface area contributed by atoms with Crippen LogP contribution in [-0.4, -0.2) is 23.6 Å². The van der Waals surface area contributed by atoms with Gasteiger partial charge in [-0.15, -0.1) is 0 Å². The fourth-order valence-electron chi connectivity index (χ4n) is 1.59.